The van der Waals surface area contributed by atoms with Crippen LogP contribution in [0.5, 0.6) is 0 Å². The predicted octanol–water partition coefficient (Wildman–Crippen LogP) is 8.29. The van der Waals surface area contributed by atoms with Gasteiger partial charge >= 0.3 is 12.4 Å². The summed E-state index contributed by atoms with van der Waals surface area (Å²) in [6.45, 7) is 0. The summed E-state index contributed by atoms with van der Waals surface area (Å²) in [6.07, 6.45) is -11.5. The van der Waals surface area contributed by atoms with Gasteiger partial charge in [-0.15, -0.1) is 0 Å². The maximum atomic E-state index is 15.6. The molecule has 19 heteroatoms. The molecule has 0 aromatic heterocycles. The highest BCUT2D eigenvalue weighted by Gasteiger charge is 2.48. The Labute approximate surface area is 281 Å². The molecule has 1 aliphatic carbocycles. The zero-order valence-corrected chi connectivity index (χ0v) is 24.4. The van der Waals surface area contributed by atoms with E-state index in [9.17, 15) is 61.4 Å². The summed E-state index contributed by atoms with van der Waals surface area (Å²) in [5.74, 6) is -14.0. The van der Waals surface area contributed by atoms with Gasteiger partial charge in [-0.25, -0.2) is 26.3 Å². The van der Waals surface area contributed by atoms with Crippen LogP contribution >= 0.6 is 0 Å². The van der Waals surface area contributed by atoms with Gasteiger partial charge in [0.15, 0.2) is 34.9 Å². The van der Waals surface area contributed by atoms with Gasteiger partial charge in [-0.1, -0.05) is 6.07 Å². The van der Waals surface area contributed by atoms with Crippen LogP contribution in [-0.2, 0) is 12.4 Å². The Bertz CT molecular complexity index is 2420. The van der Waals surface area contributed by atoms with E-state index in [1.807, 2.05) is 0 Å². The molecule has 0 saturated heterocycles. The molecule has 0 heterocycles. The summed E-state index contributed by atoms with van der Waals surface area (Å²) in [6, 6.07) is 7.23. The number of hydrogen-bond donors (Lipinski definition) is 0. The quantitative estimate of drug-likeness (QED) is 0.149. The zero-order valence-electron chi connectivity index (χ0n) is 24.4. The zero-order chi connectivity index (χ0) is 39.2. The van der Waals surface area contributed by atoms with Gasteiger partial charge in [0.2, 0.25) is 0 Å². The molecular weight excluding hydrogens is 722 g/mol. The Balaban J connectivity index is 2.45. The van der Waals surface area contributed by atoms with Gasteiger partial charge in [-0.2, -0.15) is 63.2 Å². The van der Waals surface area contributed by atoms with Crippen LogP contribution in [0.4, 0.5) is 52.7 Å². The molecule has 1 fully saturated rings. The van der Waals surface area contributed by atoms with Crippen molar-refractivity contribution in [2.45, 2.75) is 12.4 Å². The standard InChI is InChI=1S/C33H3F12N7/c34-26-11(4-46)13(6-48)28(36)30(38)24(26)16(9-51)22-21(15(8-50)20-18(32(40,41)42)2-1-3-19(20)33(43,44)45)23(22)17(10-52)25-27(35)12(5-47)14(7-49)29(37)31(25)39/h1-3H/b21-15?,22-16-,23-17+. The minimum atomic E-state index is -5.73. The molecule has 0 radical (unpaired) electrons. The number of halogens is 12. The summed E-state index contributed by atoms with van der Waals surface area (Å²) in [5.41, 5.74) is -26.3. The van der Waals surface area contributed by atoms with Crippen molar-refractivity contribution in [3.8, 4) is 42.5 Å². The van der Waals surface area contributed by atoms with E-state index in [2.05, 4.69) is 0 Å². The molecule has 7 nitrogen and oxygen atoms in total. The van der Waals surface area contributed by atoms with Crippen molar-refractivity contribution in [1.29, 1.82) is 36.8 Å². The third-order valence-corrected chi connectivity index (χ3v) is 7.29. The second-order valence-electron chi connectivity index (χ2n) is 9.89. The second kappa shape index (κ2) is 13.1. The second-order valence-corrected chi connectivity index (χ2v) is 9.89. The molecule has 1 aliphatic rings. The number of benzene rings is 3. The predicted molar refractivity (Wildman–Crippen MR) is 146 cm³/mol. The number of nitrogens with zero attached hydrogens (tertiary/aromatic N) is 7. The van der Waals surface area contributed by atoms with E-state index < -0.39 is 131 Å². The molecule has 3 aromatic carbocycles. The summed E-state index contributed by atoms with van der Waals surface area (Å²) >= 11 is 0. The van der Waals surface area contributed by atoms with Crippen LogP contribution in [0.2, 0.25) is 0 Å². The third kappa shape index (κ3) is 5.57. The van der Waals surface area contributed by atoms with E-state index >= 15 is 17.6 Å². The molecule has 0 aliphatic heterocycles. The van der Waals surface area contributed by atoms with Crippen LogP contribution in [0, 0.1) is 114 Å². The maximum absolute atomic E-state index is 15.6. The highest BCUT2D eigenvalue weighted by molar-refractivity contribution is 6.12. The molecule has 0 bridgehead atoms. The molecule has 0 spiro atoms. The molecule has 3 aromatic rings. The lowest BCUT2D eigenvalue weighted by atomic mass is 9.92. The topological polar surface area (TPSA) is 167 Å². The van der Waals surface area contributed by atoms with E-state index in [1.165, 1.54) is 0 Å². The van der Waals surface area contributed by atoms with E-state index in [0.717, 1.165) is 42.5 Å². The molecule has 0 amide bonds. The maximum Gasteiger partial charge on any atom is 0.417 e. The van der Waals surface area contributed by atoms with Crippen LogP contribution in [0.3, 0.4) is 0 Å². The molecule has 4 rings (SSSR count). The van der Waals surface area contributed by atoms with Gasteiger partial charge in [-0.3, -0.25) is 0 Å². The van der Waals surface area contributed by atoms with Crippen molar-refractivity contribution in [1.82, 2.24) is 0 Å². The van der Waals surface area contributed by atoms with Gasteiger partial charge in [0.25, 0.3) is 0 Å². The number of allylic oxidation sites excluding steroid dienone is 6. The van der Waals surface area contributed by atoms with E-state index in [-0.39, 0.29) is 18.2 Å². The molecule has 1 saturated carbocycles. The Morgan fingerprint density at radius 3 is 0.923 bits per heavy atom. The highest BCUT2D eigenvalue weighted by atomic mass is 19.4. The number of alkyl halides is 6. The fraction of sp³-hybridized carbons (Fsp3) is 0.0606. The fourth-order valence-electron chi connectivity index (χ4n) is 5.12. The van der Waals surface area contributed by atoms with Crippen molar-refractivity contribution in [3.63, 3.8) is 0 Å². The normalized spacial score (nSPS) is 15.1. The number of nitriles is 7. The average Bonchev–Trinajstić information content (AvgIpc) is 3.80. The highest BCUT2D eigenvalue weighted by Crippen LogP contribution is 2.58. The molecule has 254 valence electrons. The van der Waals surface area contributed by atoms with Gasteiger partial charge in [0.1, 0.15) is 64.7 Å². The summed E-state index contributed by atoms with van der Waals surface area (Å²) in [7, 11) is 0. The summed E-state index contributed by atoms with van der Waals surface area (Å²) in [4.78, 5) is 0. The fourth-order valence-corrected chi connectivity index (χ4v) is 5.12. The van der Waals surface area contributed by atoms with Crippen LogP contribution in [-0.4, -0.2) is 0 Å². The van der Waals surface area contributed by atoms with Crippen LogP contribution in [0.15, 0.2) is 34.9 Å². The lowest BCUT2D eigenvalue weighted by molar-refractivity contribution is -0.143. The van der Waals surface area contributed by atoms with E-state index in [1.54, 1.807) is 0 Å². The van der Waals surface area contributed by atoms with Gasteiger partial charge in [0.05, 0.1) is 39.0 Å². The van der Waals surface area contributed by atoms with Crippen LogP contribution in [0.25, 0.3) is 16.7 Å². The van der Waals surface area contributed by atoms with Crippen molar-refractivity contribution in [3.05, 3.63) is 120 Å². The Hall–Kier alpha value is -7.53. The SMILES string of the molecule is N#CC(=C1C(=C(/C#N)c2c(F)c(F)c(C#N)c(C#N)c2F)/C1=C(/C#N)c1c(F)c(F)c(C#N)c(C#N)c1F)c1c(C(F)(F)F)cccc1C(F)(F)F. The Morgan fingerprint density at radius 1 is 0.404 bits per heavy atom. The average molecular weight is 725 g/mol. The van der Waals surface area contributed by atoms with Crippen molar-refractivity contribution >= 4 is 16.7 Å². The van der Waals surface area contributed by atoms with Crippen molar-refractivity contribution in [2.75, 3.05) is 0 Å². The summed E-state index contributed by atoms with van der Waals surface area (Å²) < 4.78 is 177. The van der Waals surface area contributed by atoms with E-state index in [0.29, 0.717) is 0 Å². The molecule has 0 unspecified atom stereocenters. The van der Waals surface area contributed by atoms with Gasteiger partial charge in [0, 0.05) is 22.3 Å². The first-order chi connectivity index (χ1) is 24.3. The molecular formula is C33H3F12N7. The first kappa shape index (κ1) is 37.3. The minimum absolute atomic E-state index is 0.0388. The lowest BCUT2D eigenvalue weighted by Gasteiger charge is -2.18. The van der Waals surface area contributed by atoms with Gasteiger partial charge < -0.3 is 0 Å². The monoisotopic (exact) mass is 725 g/mol. The van der Waals surface area contributed by atoms with Crippen LogP contribution < -0.4 is 0 Å². The van der Waals surface area contributed by atoms with Gasteiger partial charge in [-0.05, 0) is 12.1 Å². The van der Waals surface area contributed by atoms with E-state index in [4.69, 9.17) is 10.5 Å². The largest absolute Gasteiger partial charge is 0.417 e. The summed E-state index contributed by atoms with van der Waals surface area (Å²) in [5, 5.41) is 66.9. The Kier molecular flexibility index (Phi) is 9.37. The first-order valence-corrected chi connectivity index (χ1v) is 13.1. The smallest absolute Gasteiger partial charge is 0.205 e. The molecule has 0 N–H and O–H groups in total. The number of rotatable bonds is 3. The van der Waals surface area contributed by atoms with Crippen molar-refractivity contribution < 1.29 is 52.7 Å². The van der Waals surface area contributed by atoms with Crippen LogP contribution in [0.1, 0.15) is 50.1 Å². The Morgan fingerprint density at radius 2 is 0.673 bits per heavy atom. The molecule has 0 atom stereocenters. The third-order valence-electron chi connectivity index (χ3n) is 7.29. The lowest BCUT2D eigenvalue weighted by Crippen LogP contribution is -2.16. The van der Waals surface area contributed by atoms with Crippen molar-refractivity contribution in [2.24, 2.45) is 0 Å². The number of hydrogen-bond acceptors (Lipinski definition) is 7. The first-order valence-electron chi connectivity index (χ1n) is 13.1. The minimum Gasteiger partial charge on any atom is -0.205 e. The molecule has 52 heavy (non-hydrogen) atoms.